The molecule has 2 heterocycles. The first-order valence-corrected chi connectivity index (χ1v) is 6.19. The van der Waals surface area contributed by atoms with Crippen LogP contribution in [-0.2, 0) is 24.4 Å². The minimum absolute atomic E-state index is 0.0732. The van der Waals surface area contributed by atoms with Crippen LogP contribution in [0.1, 0.15) is 20.8 Å². The van der Waals surface area contributed by atoms with Crippen molar-refractivity contribution in [1.82, 2.24) is 18.7 Å². The zero-order valence-electron chi connectivity index (χ0n) is 11.2. The van der Waals surface area contributed by atoms with Crippen LogP contribution in [0.25, 0.3) is 11.2 Å². The number of aromatic nitrogens is 4. The first-order chi connectivity index (χ1) is 9.01. The summed E-state index contributed by atoms with van der Waals surface area (Å²) in [5.41, 5.74) is -0.122. The van der Waals surface area contributed by atoms with Gasteiger partial charge in [0.2, 0.25) is 0 Å². The molecule has 19 heavy (non-hydrogen) atoms. The third-order valence-electron chi connectivity index (χ3n) is 3.01. The second kappa shape index (κ2) is 4.83. The molecule has 0 aliphatic carbocycles. The van der Waals surface area contributed by atoms with Gasteiger partial charge in [-0.1, -0.05) is 0 Å². The third-order valence-corrected chi connectivity index (χ3v) is 3.01. The van der Waals surface area contributed by atoms with Crippen LogP contribution in [-0.4, -0.2) is 24.5 Å². The first-order valence-electron chi connectivity index (χ1n) is 6.19. The lowest BCUT2D eigenvalue weighted by atomic mass is 10.4. The molecule has 2 aromatic heterocycles. The molecule has 0 radical (unpaired) electrons. The number of carbonyl (C=O) groups excluding carboxylic acids is 1. The number of rotatable bonds is 4. The van der Waals surface area contributed by atoms with E-state index in [0.717, 1.165) is 4.57 Å². The summed E-state index contributed by atoms with van der Waals surface area (Å²) >= 11 is 0. The van der Waals surface area contributed by atoms with Crippen LogP contribution in [0.2, 0.25) is 0 Å². The number of ketones is 1. The maximum atomic E-state index is 12.3. The summed E-state index contributed by atoms with van der Waals surface area (Å²) in [7, 11) is 0. The molecule has 7 heteroatoms. The fraction of sp³-hybridized carbons (Fsp3) is 0.500. The lowest BCUT2D eigenvalue weighted by Gasteiger charge is -2.09. The van der Waals surface area contributed by atoms with E-state index in [1.165, 1.54) is 22.4 Å². The maximum absolute atomic E-state index is 12.3. The van der Waals surface area contributed by atoms with Crippen molar-refractivity contribution in [3.8, 4) is 0 Å². The van der Waals surface area contributed by atoms with Gasteiger partial charge in [-0.25, -0.2) is 9.78 Å². The van der Waals surface area contributed by atoms with E-state index >= 15 is 0 Å². The minimum Gasteiger partial charge on any atom is -0.317 e. The van der Waals surface area contributed by atoms with Gasteiger partial charge in [0.1, 0.15) is 5.78 Å². The van der Waals surface area contributed by atoms with Gasteiger partial charge in [-0.2, -0.15) is 0 Å². The topological polar surface area (TPSA) is 78.9 Å². The number of Topliss-reactive ketones (excluding diaryl/α,β-unsaturated/α-hetero) is 1. The summed E-state index contributed by atoms with van der Waals surface area (Å²) in [5.74, 6) is -0.0732. The Morgan fingerprint density at radius 3 is 2.37 bits per heavy atom. The Balaban J connectivity index is 2.91. The van der Waals surface area contributed by atoms with Crippen LogP contribution in [0.3, 0.4) is 0 Å². The monoisotopic (exact) mass is 264 g/mol. The molecule has 2 rings (SSSR count). The molecule has 0 bridgehead atoms. The summed E-state index contributed by atoms with van der Waals surface area (Å²) in [5, 5.41) is 0. The van der Waals surface area contributed by atoms with Gasteiger partial charge in [-0.15, -0.1) is 0 Å². The molecule has 0 saturated carbocycles. The zero-order valence-corrected chi connectivity index (χ0v) is 11.2. The van der Waals surface area contributed by atoms with Gasteiger partial charge >= 0.3 is 5.69 Å². The Labute approximate surface area is 109 Å². The number of carbonyl (C=O) groups is 1. The van der Waals surface area contributed by atoms with E-state index < -0.39 is 5.56 Å². The SMILES string of the molecule is CCn1c(=O)c2c(ncn2CC(C)=O)n(CC)c1=O. The highest BCUT2D eigenvalue weighted by Crippen LogP contribution is 2.06. The first kappa shape index (κ1) is 13.3. The summed E-state index contributed by atoms with van der Waals surface area (Å²) in [6.07, 6.45) is 1.43. The van der Waals surface area contributed by atoms with E-state index in [1.54, 1.807) is 6.92 Å². The van der Waals surface area contributed by atoms with Crippen molar-refractivity contribution >= 4 is 16.9 Å². The quantitative estimate of drug-likeness (QED) is 0.778. The molecule has 0 saturated heterocycles. The van der Waals surface area contributed by atoms with Crippen LogP contribution in [0.4, 0.5) is 0 Å². The molecule has 0 aromatic carbocycles. The van der Waals surface area contributed by atoms with Crippen molar-refractivity contribution in [3.63, 3.8) is 0 Å². The smallest absolute Gasteiger partial charge is 0.317 e. The Kier molecular flexibility index (Phi) is 3.37. The van der Waals surface area contributed by atoms with Gasteiger partial charge in [-0.05, 0) is 20.8 Å². The van der Waals surface area contributed by atoms with E-state index in [4.69, 9.17) is 0 Å². The Bertz CT molecular complexity index is 751. The standard InChI is InChI=1S/C12H16N4O3/c1-4-15-10-9(11(18)16(5-2)12(15)19)14(7-13-10)6-8(3)17/h7H,4-6H2,1-3H3. The summed E-state index contributed by atoms with van der Waals surface area (Å²) in [6.45, 7) is 5.79. The van der Waals surface area contributed by atoms with Crippen LogP contribution in [0.15, 0.2) is 15.9 Å². The minimum atomic E-state index is -0.397. The Morgan fingerprint density at radius 2 is 1.84 bits per heavy atom. The normalized spacial score (nSPS) is 11.1. The highest BCUT2D eigenvalue weighted by atomic mass is 16.2. The molecular weight excluding hydrogens is 248 g/mol. The molecule has 0 aliphatic heterocycles. The van der Waals surface area contributed by atoms with Crippen LogP contribution in [0, 0.1) is 0 Å². The predicted molar refractivity (Wildman–Crippen MR) is 70.3 cm³/mol. The highest BCUT2D eigenvalue weighted by Gasteiger charge is 2.16. The molecular formula is C12H16N4O3. The van der Waals surface area contributed by atoms with Gasteiger partial charge in [0.25, 0.3) is 5.56 Å². The van der Waals surface area contributed by atoms with E-state index in [-0.39, 0.29) is 18.0 Å². The molecule has 7 nitrogen and oxygen atoms in total. The van der Waals surface area contributed by atoms with Crippen molar-refractivity contribution < 1.29 is 4.79 Å². The van der Waals surface area contributed by atoms with Crippen molar-refractivity contribution in [2.24, 2.45) is 0 Å². The Morgan fingerprint density at radius 1 is 1.21 bits per heavy atom. The van der Waals surface area contributed by atoms with Crippen LogP contribution >= 0.6 is 0 Å². The lowest BCUT2D eigenvalue weighted by Crippen LogP contribution is -2.40. The number of fused-ring (bicyclic) bond motifs is 1. The summed E-state index contributed by atoms with van der Waals surface area (Å²) in [4.78, 5) is 39.7. The fourth-order valence-electron chi connectivity index (χ4n) is 2.16. The summed E-state index contributed by atoms with van der Waals surface area (Å²) < 4.78 is 4.10. The second-order valence-corrected chi connectivity index (χ2v) is 4.32. The van der Waals surface area contributed by atoms with Crippen molar-refractivity contribution in [2.45, 2.75) is 40.4 Å². The number of imidazole rings is 1. The fourth-order valence-corrected chi connectivity index (χ4v) is 2.16. The van der Waals surface area contributed by atoms with Gasteiger partial charge in [-0.3, -0.25) is 18.7 Å². The molecule has 0 unspecified atom stereocenters. The van der Waals surface area contributed by atoms with Gasteiger partial charge in [0.15, 0.2) is 11.2 Å². The number of hydrogen-bond donors (Lipinski definition) is 0. The van der Waals surface area contributed by atoms with Crippen molar-refractivity contribution in [2.75, 3.05) is 0 Å². The van der Waals surface area contributed by atoms with E-state index in [9.17, 15) is 14.4 Å². The van der Waals surface area contributed by atoms with Crippen LogP contribution < -0.4 is 11.2 Å². The van der Waals surface area contributed by atoms with Gasteiger partial charge in [0, 0.05) is 13.1 Å². The number of nitrogens with zero attached hydrogens (tertiary/aromatic N) is 4. The largest absolute Gasteiger partial charge is 0.332 e. The number of aryl methyl sites for hydroxylation is 1. The van der Waals surface area contributed by atoms with Gasteiger partial charge in [0.05, 0.1) is 12.9 Å². The average Bonchev–Trinajstić information content (AvgIpc) is 2.73. The molecule has 0 aliphatic rings. The van der Waals surface area contributed by atoms with E-state index in [1.807, 2.05) is 6.92 Å². The molecule has 0 spiro atoms. The second-order valence-electron chi connectivity index (χ2n) is 4.32. The molecule has 0 fully saturated rings. The lowest BCUT2D eigenvalue weighted by molar-refractivity contribution is -0.117. The molecule has 102 valence electrons. The van der Waals surface area contributed by atoms with E-state index in [2.05, 4.69) is 4.98 Å². The maximum Gasteiger partial charge on any atom is 0.332 e. The van der Waals surface area contributed by atoms with Crippen LogP contribution in [0.5, 0.6) is 0 Å². The van der Waals surface area contributed by atoms with Crippen molar-refractivity contribution in [1.29, 1.82) is 0 Å². The molecule has 0 atom stereocenters. The van der Waals surface area contributed by atoms with Crippen molar-refractivity contribution in [3.05, 3.63) is 27.2 Å². The predicted octanol–water partition coefficient (Wildman–Crippen LogP) is -0.0115. The number of hydrogen-bond acceptors (Lipinski definition) is 4. The third kappa shape index (κ3) is 2.00. The molecule has 2 aromatic rings. The Hall–Kier alpha value is -2.18. The molecule has 0 N–H and O–H groups in total. The summed E-state index contributed by atoms with van der Waals surface area (Å²) in [6, 6.07) is 0. The van der Waals surface area contributed by atoms with Gasteiger partial charge < -0.3 is 4.57 Å². The van der Waals surface area contributed by atoms with E-state index in [0.29, 0.717) is 24.3 Å². The highest BCUT2D eigenvalue weighted by molar-refractivity contribution is 5.78. The zero-order chi connectivity index (χ0) is 14.2. The molecule has 0 amide bonds. The average molecular weight is 264 g/mol.